The number of thiophene rings is 1. The Morgan fingerprint density at radius 3 is 2.41 bits per heavy atom. The maximum atomic E-state index is 13.1. The van der Waals surface area contributed by atoms with Gasteiger partial charge in [-0.3, -0.25) is 4.79 Å². The summed E-state index contributed by atoms with van der Waals surface area (Å²) in [5.41, 5.74) is 3.86. The zero-order valence-corrected chi connectivity index (χ0v) is 18.0. The number of carbonyl (C=O) groups excluding carboxylic acids is 1. The van der Waals surface area contributed by atoms with Gasteiger partial charge in [0.25, 0.3) is 5.91 Å². The van der Waals surface area contributed by atoms with Gasteiger partial charge in [0, 0.05) is 14.8 Å². The van der Waals surface area contributed by atoms with Crippen LogP contribution in [0.3, 0.4) is 0 Å². The molecule has 0 radical (unpaired) electrons. The summed E-state index contributed by atoms with van der Waals surface area (Å²) in [5.74, 6) is -1.10. The smallest absolute Gasteiger partial charge is 0.335 e. The number of aromatic carboxylic acids is 1. The number of benzene rings is 2. The van der Waals surface area contributed by atoms with E-state index in [4.69, 9.17) is 16.7 Å². The molecule has 0 bridgehead atoms. The molecule has 3 aromatic rings. The predicted octanol–water partition coefficient (Wildman–Crippen LogP) is 5.80. The number of rotatable bonds is 6. The van der Waals surface area contributed by atoms with Crippen molar-refractivity contribution >= 4 is 34.8 Å². The summed E-state index contributed by atoms with van der Waals surface area (Å²) < 4.78 is 0. The lowest BCUT2D eigenvalue weighted by Gasteiger charge is -2.16. The number of hydrogen-bond donors (Lipinski definition) is 2. The van der Waals surface area contributed by atoms with Crippen LogP contribution < -0.4 is 5.32 Å². The van der Waals surface area contributed by atoms with Crippen molar-refractivity contribution < 1.29 is 14.7 Å². The summed E-state index contributed by atoms with van der Waals surface area (Å²) >= 11 is 7.73. The SMILES string of the molecule is Cc1sc(C)c(C(=O)NC(C)c2ccc(C(=O)O)cc2)c1Cc1cccc(Cl)c1. The third kappa shape index (κ3) is 4.86. The molecule has 1 atom stereocenters. The van der Waals surface area contributed by atoms with Crippen molar-refractivity contribution in [3.8, 4) is 0 Å². The van der Waals surface area contributed by atoms with Crippen molar-refractivity contribution in [3.05, 3.63) is 91.1 Å². The molecule has 0 aliphatic rings. The highest BCUT2D eigenvalue weighted by molar-refractivity contribution is 7.12. The van der Waals surface area contributed by atoms with Crippen LogP contribution in [0.25, 0.3) is 0 Å². The first-order valence-electron chi connectivity index (χ1n) is 9.23. The topological polar surface area (TPSA) is 66.4 Å². The van der Waals surface area contributed by atoms with Gasteiger partial charge in [-0.05, 0) is 68.1 Å². The maximum Gasteiger partial charge on any atom is 0.335 e. The van der Waals surface area contributed by atoms with E-state index >= 15 is 0 Å². The summed E-state index contributed by atoms with van der Waals surface area (Å²) in [7, 11) is 0. The molecule has 0 saturated carbocycles. The van der Waals surface area contributed by atoms with Crippen molar-refractivity contribution in [1.82, 2.24) is 5.32 Å². The Labute approximate surface area is 179 Å². The van der Waals surface area contributed by atoms with Crippen LogP contribution in [-0.2, 0) is 6.42 Å². The summed E-state index contributed by atoms with van der Waals surface area (Å²) in [6, 6.07) is 14.0. The van der Waals surface area contributed by atoms with Crippen LogP contribution in [0.2, 0.25) is 5.02 Å². The second-order valence-corrected chi connectivity index (χ2v) is 8.86. The van der Waals surface area contributed by atoms with Crippen molar-refractivity contribution in [2.24, 2.45) is 0 Å². The van der Waals surface area contributed by atoms with E-state index in [2.05, 4.69) is 5.32 Å². The highest BCUT2D eigenvalue weighted by atomic mass is 35.5. The molecule has 2 N–H and O–H groups in total. The molecule has 0 spiro atoms. The molecule has 1 unspecified atom stereocenters. The summed E-state index contributed by atoms with van der Waals surface area (Å²) in [5, 5.41) is 12.8. The van der Waals surface area contributed by atoms with Crippen LogP contribution >= 0.6 is 22.9 Å². The average Bonchev–Trinajstić information content (AvgIpc) is 2.95. The van der Waals surface area contributed by atoms with Gasteiger partial charge in [-0.2, -0.15) is 0 Å². The fraction of sp³-hybridized carbons (Fsp3) is 0.217. The summed E-state index contributed by atoms with van der Waals surface area (Å²) in [6.45, 7) is 5.88. The minimum Gasteiger partial charge on any atom is -0.478 e. The number of carboxylic acids is 1. The van der Waals surface area contributed by atoms with Crippen molar-refractivity contribution in [2.45, 2.75) is 33.2 Å². The Hall–Kier alpha value is -2.63. The highest BCUT2D eigenvalue weighted by Crippen LogP contribution is 2.30. The largest absolute Gasteiger partial charge is 0.478 e. The lowest BCUT2D eigenvalue weighted by molar-refractivity contribution is 0.0696. The number of carbonyl (C=O) groups is 2. The number of amides is 1. The summed E-state index contributed by atoms with van der Waals surface area (Å²) in [6.07, 6.45) is 0.640. The fourth-order valence-corrected chi connectivity index (χ4v) is 4.65. The summed E-state index contributed by atoms with van der Waals surface area (Å²) in [4.78, 5) is 26.2. The van der Waals surface area contributed by atoms with E-state index in [1.165, 1.54) is 0 Å². The van der Waals surface area contributed by atoms with Gasteiger partial charge >= 0.3 is 5.97 Å². The van der Waals surface area contributed by atoms with Crippen LogP contribution in [0.5, 0.6) is 0 Å². The lowest BCUT2D eigenvalue weighted by atomic mass is 9.99. The molecule has 0 aliphatic carbocycles. The molecule has 2 aromatic carbocycles. The fourth-order valence-electron chi connectivity index (χ4n) is 3.36. The molecule has 150 valence electrons. The van der Waals surface area contributed by atoms with Gasteiger partial charge in [-0.1, -0.05) is 35.9 Å². The van der Waals surface area contributed by atoms with Crippen LogP contribution in [0, 0.1) is 13.8 Å². The van der Waals surface area contributed by atoms with E-state index in [0.717, 1.165) is 26.4 Å². The molecular formula is C23H22ClNO3S. The van der Waals surface area contributed by atoms with Crippen molar-refractivity contribution in [2.75, 3.05) is 0 Å². The molecule has 0 fully saturated rings. The molecule has 1 amide bonds. The minimum atomic E-state index is -0.969. The molecule has 29 heavy (non-hydrogen) atoms. The van der Waals surface area contributed by atoms with E-state index in [1.807, 2.05) is 45.0 Å². The molecule has 1 heterocycles. The normalized spacial score (nSPS) is 11.9. The molecule has 0 saturated heterocycles. The van der Waals surface area contributed by atoms with Crippen LogP contribution in [0.4, 0.5) is 0 Å². The number of hydrogen-bond acceptors (Lipinski definition) is 3. The van der Waals surface area contributed by atoms with Gasteiger partial charge in [0.15, 0.2) is 0 Å². The van der Waals surface area contributed by atoms with E-state index in [1.54, 1.807) is 35.6 Å². The zero-order valence-electron chi connectivity index (χ0n) is 16.5. The molecule has 6 heteroatoms. The van der Waals surface area contributed by atoms with Gasteiger partial charge in [0.2, 0.25) is 0 Å². The van der Waals surface area contributed by atoms with E-state index in [0.29, 0.717) is 17.0 Å². The van der Waals surface area contributed by atoms with Crippen LogP contribution in [0.15, 0.2) is 48.5 Å². The predicted molar refractivity (Wildman–Crippen MR) is 117 cm³/mol. The highest BCUT2D eigenvalue weighted by Gasteiger charge is 2.21. The Morgan fingerprint density at radius 2 is 1.79 bits per heavy atom. The molecule has 0 aliphatic heterocycles. The first-order valence-corrected chi connectivity index (χ1v) is 10.4. The van der Waals surface area contributed by atoms with Gasteiger partial charge in [0.05, 0.1) is 17.2 Å². The quantitative estimate of drug-likeness (QED) is 0.522. The second kappa shape index (κ2) is 8.80. The Balaban J connectivity index is 1.82. The van der Waals surface area contributed by atoms with Gasteiger partial charge in [-0.15, -0.1) is 11.3 Å². The Bertz CT molecular complexity index is 1060. The molecular weight excluding hydrogens is 406 g/mol. The first kappa shape index (κ1) is 21.1. The number of carboxylic acid groups (broad SMARTS) is 1. The monoisotopic (exact) mass is 427 g/mol. The minimum absolute atomic E-state index is 0.126. The van der Waals surface area contributed by atoms with Crippen molar-refractivity contribution in [3.63, 3.8) is 0 Å². The van der Waals surface area contributed by atoms with Gasteiger partial charge in [0.1, 0.15) is 0 Å². The van der Waals surface area contributed by atoms with E-state index in [-0.39, 0.29) is 17.5 Å². The Kier molecular flexibility index (Phi) is 6.40. The van der Waals surface area contributed by atoms with E-state index in [9.17, 15) is 9.59 Å². The van der Waals surface area contributed by atoms with Crippen molar-refractivity contribution in [1.29, 1.82) is 0 Å². The lowest BCUT2D eigenvalue weighted by Crippen LogP contribution is -2.27. The first-order chi connectivity index (χ1) is 13.8. The third-order valence-electron chi connectivity index (χ3n) is 4.89. The van der Waals surface area contributed by atoms with Crippen LogP contribution in [-0.4, -0.2) is 17.0 Å². The average molecular weight is 428 g/mol. The number of aryl methyl sites for hydroxylation is 2. The number of halogens is 1. The molecule has 3 rings (SSSR count). The van der Waals surface area contributed by atoms with E-state index < -0.39 is 5.97 Å². The maximum absolute atomic E-state index is 13.1. The molecule has 1 aromatic heterocycles. The Morgan fingerprint density at radius 1 is 1.10 bits per heavy atom. The number of nitrogens with one attached hydrogen (secondary N) is 1. The standard InChI is InChI=1S/C23H22ClNO3S/c1-13(17-7-9-18(10-8-17)23(27)28)25-22(26)21-15(3)29-14(2)20(21)12-16-5-4-6-19(24)11-16/h4-11,13H,12H2,1-3H3,(H,25,26)(H,27,28). The zero-order chi connectivity index (χ0) is 21.1. The van der Waals surface area contributed by atoms with Gasteiger partial charge < -0.3 is 10.4 Å². The van der Waals surface area contributed by atoms with Crippen LogP contribution in [0.1, 0.15) is 60.1 Å². The second-order valence-electron chi connectivity index (χ2n) is 7.00. The third-order valence-corrected chi connectivity index (χ3v) is 6.19. The molecule has 4 nitrogen and oxygen atoms in total. The van der Waals surface area contributed by atoms with Gasteiger partial charge in [-0.25, -0.2) is 4.79 Å².